The quantitative estimate of drug-likeness (QED) is 0.644. The van der Waals surface area contributed by atoms with Gasteiger partial charge in [-0.15, -0.1) is 0 Å². The van der Waals surface area contributed by atoms with Gasteiger partial charge in [0.1, 0.15) is 5.82 Å². The Hall–Kier alpha value is -1.69. The number of hydrogen-bond acceptors (Lipinski definition) is 5. The summed E-state index contributed by atoms with van der Waals surface area (Å²) in [4.78, 5) is 18.0. The van der Waals surface area contributed by atoms with Crippen LogP contribution in [0, 0.1) is 5.92 Å². The molecule has 0 radical (unpaired) electrons. The van der Waals surface area contributed by atoms with E-state index in [1.54, 1.807) is 0 Å². The molecule has 6 nitrogen and oxygen atoms in total. The van der Waals surface area contributed by atoms with Crippen LogP contribution in [0.25, 0.3) is 0 Å². The van der Waals surface area contributed by atoms with E-state index < -0.39 is 5.97 Å². The van der Waals surface area contributed by atoms with Crippen molar-refractivity contribution in [3.63, 3.8) is 0 Å². The minimum Gasteiger partial charge on any atom is -0.476 e. The number of rotatable bonds is 5. The molecule has 1 rings (SSSR count). The Morgan fingerprint density at radius 3 is 2.73 bits per heavy atom. The van der Waals surface area contributed by atoms with E-state index in [1.165, 1.54) is 12.4 Å². The van der Waals surface area contributed by atoms with Gasteiger partial charge in [-0.2, -0.15) is 0 Å². The average molecular weight is 211 g/mol. The van der Waals surface area contributed by atoms with Crippen molar-refractivity contribution in [2.24, 2.45) is 5.92 Å². The number of nitrogens with one attached hydrogen (secondary N) is 1. The Bertz CT molecular complexity index is 326. The standard InChI is InChI=1S/C9H13N3O3/c1-6(5-13)2-11-8-4-10-7(3-12-8)9(14)15/h3-4,6,13H,2,5H2,1H3,(H,11,12)(H,14,15). The summed E-state index contributed by atoms with van der Waals surface area (Å²) in [6, 6.07) is 0. The lowest BCUT2D eigenvalue weighted by Crippen LogP contribution is -2.15. The molecule has 0 spiro atoms. The van der Waals surface area contributed by atoms with Crippen LogP contribution in [0.3, 0.4) is 0 Å². The highest BCUT2D eigenvalue weighted by Crippen LogP contribution is 2.02. The Balaban J connectivity index is 2.53. The number of aromatic nitrogens is 2. The van der Waals surface area contributed by atoms with Crippen molar-refractivity contribution in [1.29, 1.82) is 0 Å². The molecule has 0 amide bonds. The second kappa shape index (κ2) is 5.26. The zero-order chi connectivity index (χ0) is 11.3. The van der Waals surface area contributed by atoms with Gasteiger partial charge in [-0.1, -0.05) is 6.92 Å². The topological polar surface area (TPSA) is 95.3 Å². The zero-order valence-corrected chi connectivity index (χ0v) is 8.34. The number of carboxylic acid groups (broad SMARTS) is 1. The molecule has 0 aliphatic heterocycles. The lowest BCUT2D eigenvalue weighted by Gasteiger charge is -2.09. The number of carbonyl (C=O) groups is 1. The molecule has 82 valence electrons. The Morgan fingerprint density at radius 1 is 1.53 bits per heavy atom. The van der Waals surface area contributed by atoms with Crippen LogP contribution in [-0.2, 0) is 0 Å². The van der Waals surface area contributed by atoms with Crippen molar-refractivity contribution >= 4 is 11.8 Å². The van der Waals surface area contributed by atoms with Gasteiger partial charge in [-0.05, 0) is 5.92 Å². The first-order chi connectivity index (χ1) is 7.13. The predicted molar refractivity (Wildman–Crippen MR) is 53.7 cm³/mol. The van der Waals surface area contributed by atoms with Crippen LogP contribution in [0.5, 0.6) is 0 Å². The van der Waals surface area contributed by atoms with Crippen LogP contribution in [-0.4, -0.2) is 39.3 Å². The van der Waals surface area contributed by atoms with Gasteiger partial charge in [0.25, 0.3) is 0 Å². The summed E-state index contributed by atoms with van der Waals surface area (Å²) in [5.74, 6) is -0.482. The van der Waals surface area contributed by atoms with E-state index in [1.807, 2.05) is 6.92 Å². The van der Waals surface area contributed by atoms with E-state index in [9.17, 15) is 4.79 Å². The van der Waals surface area contributed by atoms with Gasteiger partial charge in [0.05, 0.1) is 12.4 Å². The summed E-state index contributed by atoms with van der Waals surface area (Å²) >= 11 is 0. The maximum atomic E-state index is 10.5. The fourth-order valence-electron chi connectivity index (χ4n) is 0.873. The molecule has 0 aliphatic carbocycles. The molecule has 1 atom stereocenters. The van der Waals surface area contributed by atoms with Crippen molar-refractivity contribution in [3.05, 3.63) is 18.1 Å². The SMILES string of the molecule is CC(CO)CNc1cnc(C(=O)O)cn1. The molecule has 0 fully saturated rings. The third kappa shape index (κ3) is 3.51. The van der Waals surface area contributed by atoms with Crippen molar-refractivity contribution in [2.45, 2.75) is 6.92 Å². The largest absolute Gasteiger partial charge is 0.476 e. The van der Waals surface area contributed by atoms with E-state index >= 15 is 0 Å². The highest BCUT2D eigenvalue weighted by molar-refractivity contribution is 5.84. The van der Waals surface area contributed by atoms with Crippen LogP contribution in [0.15, 0.2) is 12.4 Å². The zero-order valence-electron chi connectivity index (χ0n) is 8.34. The monoisotopic (exact) mass is 211 g/mol. The van der Waals surface area contributed by atoms with Crippen LogP contribution in [0.2, 0.25) is 0 Å². The lowest BCUT2D eigenvalue weighted by atomic mass is 10.2. The number of anilines is 1. The molecule has 0 saturated carbocycles. The second-order valence-corrected chi connectivity index (χ2v) is 3.26. The van der Waals surface area contributed by atoms with E-state index in [4.69, 9.17) is 10.2 Å². The molecule has 1 unspecified atom stereocenters. The predicted octanol–water partition coefficient (Wildman–Crippen LogP) is 0.215. The summed E-state index contributed by atoms with van der Waals surface area (Å²) in [5.41, 5.74) is -0.0873. The van der Waals surface area contributed by atoms with E-state index in [2.05, 4.69) is 15.3 Å². The highest BCUT2D eigenvalue weighted by atomic mass is 16.4. The van der Waals surface area contributed by atoms with Crippen molar-refractivity contribution in [2.75, 3.05) is 18.5 Å². The van der Waals surface area contributed by atoms with Gasteiger partial charge in [0, 0.05) is 13.2 Å². The van der Waals surface area contributed by atoms with Crippen molar-refractivity contribution < 1.29 is 15.0 Å². The van der Waals surface area contributed by atoms with Crippen LogP contribution in [0.4, 0.5) is 5.82 Å². The number of hydrogen-bond donors (Lipinski definition) is 3. The van der Waals surface area contributed by atoms with Gasteiger partial charge in [-0.3, -0.25) is 0 Å². The van der Waals surface area contributed by atoms with Crippen LogP contribution < -0.4 is 5.32 Å². The molecule has 1 aromatic rings. The van der Waals surface area contributed by atoms with E-state index in [-0.39, 0.29) is 18.2 Å². The van der Waals surface area contributed by atoms with Crippen LogP contribution in [0.1, 0.15) is 17.4 Å². The van der Waals surface area contributed by atoms with Gasteiger partial charge < -0.3 is 15.5 Å². The molecule has 3 N–H and O–H groups in total. The first kappa shape index (κ1) is 11.4. The van der Waals surface area contributed by atoms with Crippen LogP contribution >= 0.6 is 0 Å². The summed E-state index contributed by atoms with van der Waals surface area (Å²) in [6.45, 7) is 2.54. The third-order valence-electron chi connectivity index (χ3n) is 1.81. The van der Waals surface area contributed by atoms with E-state index in [0.717, 1.165) is 0 Å². The fourth-order valence-corrected chi connectivity index (χ4v) is 0.873. The lowest BCUT2D eigenvalue weighted by molar-refractivity contribution is 0.0690. The molecule has 6 heteroatoms. The summed E-state index contributed by atoms with van der Waals surface area (Å²) in [6.07, 6.45) is 2.54. The molecule has 15 heavy (non-hydrogen) atoms. The van der Waals surface area contributed by atoms with Crippen molar-refractivity contribution in [1.82, 2.24) is 9.97 Å². The summed E-state index contributed by atoms with van der Waals surface area (Å²) < 4.78 is 0. The molecule has 0 aliphatic rings. The normalized spacial score (nSPS) is 12.1. The molecule has 0 aromatic carbocycles. The van der Waals surface area contributed by atoms with Crippen molar-refractivity contribution in [3.8, 4) is 0 Å². The summed E-state index contributed by atoms with van der Waals surface area (Å²) in [5, 5.41) is 20.3. The maximum absolute atomic E-state index is 10.5. The fraction of sp³-hybridized carbons (Fsp3) is 0.444. The molecule has 0 saturated heterocycles. The first-order valence-corrected chi connectivity index (χ1v) is 4.53. The number of carboxylic acids is 1. The van der Waals surface area contributed by atoms with Gasteiger partial charge in [-0.25, -0.2) is 14.8 Å². The minimum atomic E-state index is -1.10. The molecular formula is C9H13N3O3. The number of aliphatic hydroxyl groups excluding tert-OH is 1. The number of nitrogens with zero attached hydrogens (tertiary/aromatic N) is 2. The highest BCUT2D eigenvalue weighted by Gasteiger charge is 2.05. The van der Waals surface area contributed by atoms with Gasteiger partial charge >= 0.3 is 5.97 Å². The third-order valence-corrected chi connectivity index (χ3v) is 1.81. The van der Waals surface area contributed by atoms with Gasteiger partial charge in [0.15, 0.2) is 5.69 Å². The molecular weight excluding hydrogens is 198 g/mol. The maximum Gasteiger partial charge on any atom is 0.356 e. The average Bonchev–Trinajstić information content (AvgIpc) is 2.26. The number of aliphatic hydroxyl groups is 1. The van der Waals surface area contributed by atoms with Gasteiger partial charge in [0.2, 0.25) is 0 Å². The summed E-state index contributed by atoms with van der Waals surface area (Å²) in [7, 11) is 0. The Labute approximate surface area is 87.0 Å². The molecule has 1 heterocycles. The second-order valence-electron chi connectivity index (χ2n) is 3.26. The Morgan fingerprint density at radius 2 is 2.27 bits per heavy atom. The molecule has 1 aromatic heterocycles. The first-order valence-electron chi connectivity index (χ1n) is 4.53. The minimum absolute atomic E-state index is 0.0873. The Kier molecular flexibility index (Phi) is 3.99. The van der Waals surface area contributed by atoms with E-state index in [0.29, 0.717) is 12.4 Å². The number of aromatic carboxylic acids is 1. The molecule has 0 bridgehead atoms. The smallest absolute Gasteiger partial charge is 0.356 e.